The number of hydrogen-bond donors (Lipinski definition) is 2. The first-order valence-corrected chi connectivity index (χ1v) is 7.72. The van der Waals surface area contributed by atoms with E-state index in [9.17, 15) is 14.7 Å². The van der Waals surface area contributed by atoms with E-state index in [1.54, 1.807) is 12.1 Å². The molecule has 0 unspecified atom stereocenters. The second-order valence-corrected chi connectivity index (χ2v) is 5.62. The number of rotatable bonds is 6. The molecule has 4 nitrogen and oxygen atoms in total. The number of carboxylic acids is 1. The van der Waals surface area contributed by atoms with Crippen LogP contribution in [0.5, 0.6) is 0 Å². The molecule has 0 saturated carbocycles. The fourth-order valence-corrected chi connectivity index (χ4v) is 2.35. The predicted octanol–water partition coefficient (Wildman–Crippen LogP) is 3.58. The maximum atomic E-state index is 12.3. The van der Waals surface area contributed by atoms with Crippen LogP contribution in [0.2, 0.25) is 0 Å². The number of nitrogens with one attached hydrogen (secondary N) is 1. The molecule has 2 rings (SSSR count). The third-order valence-electron chi connectivity index (χ3n) is 4.02. The Hall–Kier alpha value is -2.62. The standard InChI is InChI=1S/C19H21NO3/c1-3-13(2)17(19(22)23)20-18(21)16-11-9-15(10-12-16)14-7-5-4-6-8-14/h4-13,17H,3H2,1-2H3,(H,20,21)(H,22,23)/t13-,17-/m1/s1. The van der Waals surface area contributed by atoms with Crippen molar-refractivity contribution in [3.63, 3.8) is 0 Å². The Morgan fingerprint density at radius 2 is 1.57 bits per heavy atom. The summed E-state index contributed by atoms with van der Waals surface area (Å²) in [6.45, 7) is 3.72. The van der Waals surface area contributed by atoms with Gasteiger partial charge in [0, 0.05) is 5.56 Å². The van der Waals surface area contributed by atoms with Gasteiger partial charge in [-0.1, -0.05) is 62.7 Å². The third kappa shape index (κ3) is 4.19. The molecule has 2 atom stereocenters. The van der Waals surface area contributed by atoms with Gasteiger partial charge in [0.1, 0.15) is 6.04 Å². The maximum absolute atomic E-state index is 12.3. The van der Waals surface area contributed by atoms with Gasteiger partial charge in [-0.2, -0.15) is 0 Å². The highest BCUT2D eigenvalue weighted by Gasteiger charge is 2.25. The predicted molar refractivity (Wildman–Crippen MR) is 90.2 cm³/mol. The van der Waals surface area contributed by atoms with Crippen LogP contribution in [0, 0.1) is 5.92 Å². The lowest BCUT2D eigenvalue weighted by atomic mass is 9.98. The molecule has 2 aromatic rings. The first-order valence-electron chi connectivity index (χ1n) is 7.72. The highest BCUT2D eigenvalue weighted by Crippen LogP contribution is 2.19. The Kier molecular flexibility index (Phi) is 5.52. The Morgan fingerprint density at radius 1 is 1.00 bits per heavy atom. The molecule has 2 N–H and O–H groups in total. The van der Waals surface area contributed by atoms with Crippen molar-refractivity contribution in [3.8, 4) is 11.1 Å². The highest BCUT2D eigenvalue weighted by molar-refractivity contribution is 5.97. The number of carbonyl (C=O) groups is 2. The van der Waals surface area contributed by atoms with Crippen LogP contribution < -0.4 is 5.32 Å². The second-order valence-electron chi connectivity index (χ2n) is 5.62. The molecule has 0 aliphatic rings. The lowest BCUT2D eigenvalue weighted by molar-refractivity contribution is -0.140. The summed E-state index contributed by atoms with van der Waals surface area (Å²) in [5, 5.41) is 11.9. The number of hydrogen-bond acceptors (Lipinski definition) is 2. The normalized spacial score (nSPS) is 13.1. The molecule has 0 fully saturated rings. The summed E-state index contributed by atoms with van der Waals surface area (Å²) < 4.78 is 0. The quantitative estimate of drug-likeness (QED) is 0.857. The van der Waals surface area contributed by atoms with E-state index >= 15 is 0 Å². The van der Waals surface area contributed by atoms with Crippen LogP contribution in [-0.2, 0) is 4.79 Å². The zero-order valence-corrected chi connectivity index (χ0v) is 13.3. The van der Waals surface area contributed by atoms with Crippen molar-refractivity contribution in [2.75, 3.05) is 0 Å². The molecule has 0 aromatic heterocycles. The van der Waals surface area contributed by atoms with Crippen LogP contribution in [0.15, 0.2) is 54.6 Å². The SMILES string of the molecule is CC[C@@H](C)[C@@H](NC(=O)c1ccc(-c2ccccc2)cc1)C(=O)O. The topological polar surface area (TPSA) is 66.4 Å². The van der Waals surface area contributed by atoms with Crippen LogP contribution in [-0.4, -0.2) is 23.0 Å². The fraction of sp³-hybridized carbons (Fsp3) is 0.263. The molecule has 4 heteroatoms. The van der Waals surface area contributed by atoms with E-state index in [0.717, 1.165) is 11.1 Å². The van der Waals surface area contributed by atoms with Crippen molar-refractivity contribution in [1.29, 1.82) is 0 Å². The van der Waals surface area contributed by atoms with Crippen molar-refractivity contribution in [1.82, 2.24) is 5.32 Å². The minimum atomic E-state index is -1.01. The molecule has 0 spiro atoms. The van der Waals surface area contributed by atoms with Gasteiger partial charge >= 0.3 is 5.97 Å². The van der Waals surface area contributed by atoms with Gasteiger partial charge in [-0.25, -0.2) is 4.79 Å². The van der Waals surface area contributed by atoms with Gasteiger partial charge < -0.3 is 10.4 Å². The zero-order chi connectivity index (χ0) is 16.8. The van der Waals surface area contributed by atoms with Crippen molar-refractivity contribution >= 4 is 11.9 Å². The van der Waals surface area contributed by atoms with Crippen LogP contribution >= 0.6 is 0 Å². The van der Waals surface area contributed by atoms with E-state index in [1.807, 2.05) is 56.3 Å². The minimum Gasteiger partial charge on any atom is -0.480 e. The van der Waals surface area contributed by atoms with E-state index in [0.29, 0.717) is 12.0 Å². The maximum Gasteiger partial charge on any atom is 0.326 e. The van der Waals surface area contributed by atoms with Gasteiger partial charge in [-0.3, -0.25) is 4.79 Å². The fourth-order valence-electron chi connectivity index (χ4n) is 2.35. The number of amides is 1. The van der Waals surface area contributed by atoms with Crippen LogP contribution in [0.4, 0.5) is 0 Å². The van der Waals surface area contributed by atoms with Crippen molar-refractivity contribution in [2.45, 2.75) is 26.3 Å². The largest absolute Gasteiger partial charge is 0.480 e. The smallest absolute Gasteiger partial charge is 0.326 e. The van der Waals surface area contributed by atoms with Gasteiger partial charge in [-0.05, 0) is 29.2 Å². The summed E-state index contributed by atoms with van der Waals surface area (Å²) in [7, 11) is 0. The van der Waals surface area contributed by atoms with E-state index in [4.69, 9.17) is 0 Å². The summed E-state index contributed by atoms with van der Waals surface area (Å²) in [5.74, 6) is -1.49. The number of aliphatic carboxylic acids is 1. The summed E-state index contributed by atoms with van der Waals surface area (Å²) >= 11 is 0. The van der Waals surface area contributed by atoms with Gasteiger partial charge in [0.25, 0.3) is 5.91 Å². The van der Waals surface area contributed by atoms with Crippen LogP contribution in [0.25, 0.3) is 11.1 Å². The Labute approximate surface area is 136 Å². The number of benzene rings is 2. The average Bonchev–Trinajstić information content (AvgIpc) is 2.59. The van der Waals surface area contributed by atoms with Gasteiger partial charge in [0.2, 0.25) is 0 Å². The second kappa shape index (κ2) is 7.58. The first kappa shape index (κ1) is 16.7. The summed E-state index contributed by atoms with van der Waals surface area (Å²) in [5.41, 5.74) is 2.54. The monoisotopic (exact) mass is 311 g/mol. The van der Waals surface area contributed by atoms with Crippen LogP contribution in [0.3, 0.4) is 0 Å². The first-order chi connectivity index (χ1) is 11.0. The molecule has 0 aliphatic heterocycles. The molecule has 23 heavy (non-hydrogen) atoms. The minimum absolute atomic E-state index is 0.125. The van der Waals surface area contributed by atoms with Crippen LogP contribution in [0.1, 0.15) is 30.6 Å². The van der Waals surface area contributed by atoms with E-state index < -0.39 is 12.0 Å². The molecule has 0 bridgehead atoms. The Bertz CT molecular complexity index is 665. The molecular weight excluding hydrogens is 290 g/mol. The highest BCUT2D eigenvalue weighted by atomic mass is 16.4. The van der Waals surface area contributed by atoms with Crippen molar-refractivity contribution in [2.24, 2.45) is 5.92 Å². The van der Waals surface area contributed by atoms with Gasteiger partial charge in [-0.15, -0.1) is 0 Å². The van der Waals surface area contributed by atoms with E-state index in [2.05, 4.69) is 5.32 Å². The lowest BCUT2D eigenvalue weighted by Gasteiger charge is -2.20. The van der Waals surface area contributed by atoms with Crippen molar-refractivity contribution < 1.29 is 14.7 Å². The molecule has 0 radical (unpaired) electrons. The lowest BCUT2D eigenvalue weighted by Crippen LogP contribution is -2.45. The van der Waals surface area contributed by atoms with E-state index in [1.165, 1.54) is 0 Å². The molecule has 2 aromatic carbocycles. The molecular formula is C19H21NO3. The van der Waals surface area contributed by atoms with Gasteiger partial charge in [0.05, 0.1) is 0 Å². The Balaban J connectivity index is 2.12. The van der Waals surface area contributed by atoms with E-state index in [-0.39, 0.29) is 11.8 Å². The summed E-state index contributed by atoms with van der Waals surface area (Å²) in [4.78, 5) is 23.5. The molecule has 1 amide bonds. The number of carboxylic acid groups (broad SMARTS) is 1. The Morgan fingerprint density at radius 3 is 2.09 bits per heavy atom. The zero-order valence-electron chi connectivity index (χ0n) is 13.3. The summed E-state index contributed by atoms with van der Waals surface area (Å²) in [6, 6.07) is 16.1. The average molecular weight is 311 g/mol. The molecule has 0 aliphatic carbocycles. The molecule has 120 valence electrons. The molecule has 0 saturated heterocycles. The van der Waals surface area contributed by atoms with Crippen molar-refractivity contribution in [3.05, 3.63) is 60.2 Å². The number of carbonyl (C=O) groups excluding carboxylic acids is 1. The summed E-state index contributed by atoms with van der Waals surface area (Å²) in [6.07, 6.45) is 0.685. The van der Waals surface area contributed by atoms with Gasteiger partial charge in [0.15, 0.2) is 0 Å². The molecule has 0 heterocycles. The third-order valence-corrected chi connectivity index (χ3v) is 4.02.